The van der Waals surface area contributed by atoms with Gasteiger partial charge in [-0.3, -0.25) is 0 Å². The predicted molar refractivity (Wildman–Crippen MR) is 51.1 cm³/mol. The Labute approximate surface area is 82.1 Å². The van der Waals surface area contributed by atoms with Gasteiger partial charge < -0.3 is 17.9 Å². The maximum Gasteiger partial charge on any atom is 0.137 e. The summed E-state index contributed by atoms with van der Waals surface area (Å²) >= 11 is 0. The smallest absolute Gasteiger partial charge is 0.137 e. The lowest BCUT2D eigenvalue weighted by atomic mass is 10.5. The molecule has 0 saturated carbocycles. The third-order valence-electron chi connectivity index (χ3n) is 1.14. The van der Waals surface area contributed by atoms with Gasteiger partial charge in [0, 0.05) is 0 Å². The van der Waals surface area contributed by atoms with Crippen molar-refractivity contribution in [3.63, 3.8) is 0 Å². The highest BCUT2D eigenvalue weighted by molar-refractivity contribution is 7.26. The van der Waals surface area contributed by atoms with E-state index in [1.165, 1.54) is 0 Å². The maximum atomic E-state index is 2.19. The van der Waals surface area contributed by atoms with E-state index in [1.807, 2.05) is 24.3 Å². The Balaban J connectivity index is 0. The molecule has 1 aromatic rings. The van der Waals surface area contributed by atoms with Crippen LogP contribution in [-0.2, 0) is 6.26 Å². The summed E-state index contributed by atoms with van der Waals surface area (Å²) in [5, 5.41) is 4.39. The minimum Gasteiger partial charge on any atom is -1.00 e. The van der Waals surface area contributed by atoms with Crippen molar-refractivity contribution in [1.29, 1.82) is 0 Å². The lowest BCUT2D eigenvalue weighted by Gasteiger charge is -1.67. The zero-order valence-corrected chi connectivity index (χ0v) is 8.48. The summed E-state index contributed by atoms with van der Waals surface area (Å²) in [5.74, 6) is 0. The molecule has 0 aliphatic carbocycles. The van der Waals surface area contributed by atoms with E-state index in [-0.39, 0.29) is 17.9 Å². The highest BCUT2D eigenvalue weighted by atomic mass is 35.5. The minimum absolute atomic E-state index is 0. The van der Waals surface area contributed by atoms with Crippen LogP contribution < -0.4 is 12.4 Å². The Bertz CT molecular complexity index is 222. The van der Waals surface area contributed by atoms with Gasteiger partial charge in [0.2, 0.25) is 0 Å². The highest BCUT2D eigenvalue weighted by Crippen LogP contribution is 2.05. The Hall–Kier alpha value is -0.570. The Kier molecular flexibility index (Phi) is 9.93. The molecule has 1 nitrogen and oxygen atoms in total. The van der Waals surface area contributed by atoms with Gasteiger partial charge in [0.1, 0.15) is 17.0 Å². The van der Waals surface area contributed by atoms with Gasteiger partial charge >= 0.3 is 0 Å². The van der Waals surface area contributed by atoms with E-state index in [9.17, 15) is 0 Å². The zero-order chi connectivity index (χ0) is 7.23. The summed E-state index contributed by atoms with van der Waals surface area (Å²) in [7, 11) is 0.307. The van der Waals surface area contributed by atoms with Gasteiger partial charge in [-0.1, -0.05) is 24.3 Å². The van der Waals surface area contributed by atoms with E-state index in [4.69, 9.17) is 0 Å². The summed E-state index contributed by atoms with van der Waals surface area (Å²) in [6.07, 6.45) is 2.19. The molecule has 0 atom stereocenters. The second-order valence-electron chi connectivity index (χ2n) is 2.03. The first kappa shape index (κ1) is 14.0. The molecule has 0 saturated heterocycles. The molecule has 0 fully saturated rings. The summed E-state index contributed by atoms with van der Waals surface area (Å²) in [4.78, 5) is 0. The molecule has 1 heterocycles. The number of rotatable bonds is 0. The third-order valence-corrected chi connectivity index (χ3v) is 2.31. The average molecular weight is 205 g/mol. The molecule has 2 N–H and O–H groups in total. The fraction of sp³-hybridized carbons (Fsp3) is 0.111. The molecule has 12 heavy (non-hydrogen) atoms. The Morgan fingerprint density at radius 1 is 0.750 bits per heavy atom. The monoisotopic (exact) mass is 204 g/mol. The maximum absolute atomic E-state index is 2.19. The van der Waals surface area contributed by atoms with Crippen molar-refractivity contribution in [2.75, 3.05) is 0 Å². The van der Waals surface area contributed by atoms with E-state index in [2.05, 4.69) is 29.1 Å². The van der Waals surface area contributed by atoms with E-state index < -0.39 is 0 Å². The lowest BCUT2D eigenvalue weighted by Crippen LogP contribution is -3.00. The fourth-order valence-electron chi connectivity index (χ4n) is 0.641. The van der Waals surface area contributed by atoms with Crippen LogP contribution in [-0.4, -0.2) is 5.48 Å². The van der Waals surface area contributed by atoms with Crippen molar-refractivity contribution in [1.82, 2.24) is 0 Å². The van der Waals surface area contributed by atoms with Crippen molar-refractivity contribution in [3.05, 3.63) is 47.2 Å². The average Bonchev–Trinajstić information content (AvgIpc) is 2.02. The van der Waals surface area contributed by atoms with Crippen LogP contribution in [0.25, 0.3) is 0 Å². The van der Waals surface area contributed by atoms with E-state index in [1.54, 1.807) is 0 Å². The van der Waals surface area contributed by atoms with Crippen LogP contribution in [0.4, 0.5) is 0 Å². The summed E-state index contributed by atoms with van der Waals surface area (Å²) in [6, 6.07) is 12.3. The molecule has 0 aliphatic rings. The SMILES string of the molecule is C[s+]1cccccccc1.O.[Cl-]. The molecule has 0 aliphatic heterocycles. The molecule has 0 spiro atoms. The van der Waals surface area contributed by atoms with Crippen molar-refractivity contribution in [3.8, 4) is 0 Å². The van der Waals surface area contributed by atoms with Crippen LogP contribution in [0, 0.1) is 0 Å². The number of hydrogen-bond acceptors (Lipinski definition) is 0. The van der Waals surface area contributed by atoms with Gasteiger partial charge in [-0.25, -0.2) is 0 Å². The molecular weight excluding hydrogens is 192 g/mol. The molecular formula is C9H13ClOS. The number of hydrogen-bond donors (Lipinski definition) is 0. The second kappa shape index (κ2) is 8.53. The predicted octanol–water partition coefficient (Wildman–Crippen LogP) is -0.724. The molecule has 0 amide bonds. The van der Waals surface area contributed by atoms with Crippen LogP contribution in [0.3, 0.4) is 0 Å². The van der Waals surface area contributed by atoms with Crippen LogP contribution in [0.5, 0.6) is 0 Å². The van der Waals surface area contributed by atoms with Gasteiger partial charge in [-0.2, -0.15) is 0 Å². The first-order chi connectivity index (χ1) is 4.89. The lowest BCUT2D eigenvalue weighted by molar-refractivity contribution is -0.00000331. The molecule has 0 aromatic carbocycles. The second-order valence-corrected chi connectivity index (χ2v) is 3.79. The van der Waals surface area contributed by atoms with Crippen molar-refractivity contribution >= 4 is 10.5 Å². The van der Waals surface area contributed by atoms with Gasteiger partial charge in [0.25, 0.3) is 0 Å². The fourth-order valence-corrected chi connectivity index (χ4v) is 1.41. The first-order valence-electron chi connectivity index (χ1n) is 3.21. The van der Waals surface area contributed by atoms with Crippen molar-refractivity contribution in [2.45, 2.75) is 0 Å². The highest BCUT2D eigenvalue weighted by Gasteiger charge is 1.79. The van der Waals surface area contributed by atoms with Gasteiger partial charge in [0.05, 0.1) is 0 Å². The third kappa shape index (κ3) is 6.16. The molecule has 68 valence electrons. The van der Waals surface area contributed by atoms with Crippen LogP contribution in [0.2, 0.25) is 0 Å². The van der Waals surface area contributed by atoms with Gasteiger partial charge in [0.15, 0.2) is 0 Å². The van der Waals surface area contributed by atoms with Gasteiger partial charge in [-0.15, -0.1) is 0 Å². The minimum atomic E-state index is 0. The van der Waals surface area contributed by atoms with E-state index >= 15 is 0 Å². The van der Waals surface area contributed by atoms with Crippen LogP contribution in [0.1, 0.15) is 0 Å². The van der Waals surface area contributed by atoms with Crippen molar-refractivity contribution < 1.29 is 17.9 Å². The molecule has 1 rings (SSSR count). The summed E-state index contributed by atoms with van der Waals surface area (Å²) < 4.78 is 0. The van der Waals surface area contributed by atoms with Crippen LogP contribution in [0.15, 0.2) is 47.2 Å². The number of aryl methyl sites for hydroxylation is 1. The standard InChI is InChI=1S/C9H11S.ClH.H2O/c1-10-8-6-4-2-3-5-7-9-10;;/h2-9H,1H3;1H;1H2/q+1;;/p-1. The normalized spacial score (nSPS) is 7.08. The Morgan fingerprint density at radius 2 is 1.08 bits per heavy atom. The summed E-state index contributed by atoms with van der Waals surface area (Å²) in [6.45, 7) is 0. The van der Waals surface area contributed by atoms with Crippen molar-refractivity contribution in [2.24, 2.45) is 6.26 Å². The summed E-state index contributed by atoms with van der Waals surface area (Å²) in [5.41, 5.74) is 0. The first-order valence-corrected chi connectivity index (χ1v) is 4.97. The topological polar surface area (TPSA) is 31.5 Å². The molecule has 0 unspecified atom stereocenters. The van der Waals surface area contributed by atoms with Gasteiger partial charge in [-0.05, 0) is 22.6 Å². The van der Waals surface area contributed by atoms with Crippen LogP contribution >= 0.6 is 10.5 Å². The quantitative estimate of drug-likeness (QED) is 0.500. The molecule has 0 bridgehead atoms. The largest absolute Gasteiger partial charge is 1.00 e. The Morgan fingerprint density at radius 3 is 1.50 bits per heavy atom. The molecule has 1 aromatic heterocycles. The molecule has 3 heteroatoms. The van der Waals surface area contributed by atoms with E-state index in [0.717, 1.165) is 0 Å². The van der Waals surface area contributed by atoms with E-state index in [0.29, 0.717) is 10.5 Å². The molecule has 0 radical (unpaired) electrons. The zero-order valence-electron chi connectivity index (χ0n) is 6.91. The number of halogens is 1.